The van der Waals surface area contributed by atoms with Crippen LogP contribution in [0.3, 0.4) is 0 Å². The minimum atomic E-state index is -0.0466. The van der Waals surface area contributed by atoms with E-state index in [-0.39, 0.29) is 11.7 Å². The summed E-state index contributed by atoms with van der Waals surface area (Å²) in [5, 5.41) is 5.48. The van der Waals surface area contributed by atoms with Gasteiger partial charge in [-0.25, -0.2) is 0 Å². The van der Waals surface area contributed by atoms with E-state index in [1.165, 1.54) is 13.8 Å². The van der Waals surface area contributed by atoms with Crippen LogP contribution in [0.15, 0.2) is 0 Å². The lowest BCUT2D eigenvalue weighted by Gasteiger charge is -2.01. The summed E-state index contributed by atoms with van der Waals surface area (Å²) in [5.41, 5.74) is 0. The molecule has 4 nitrogen and oxygen atoms in total. The van der Waals surface area contributed by atoms with Crippen LogP contribution in [0.25, 0.3) is 0 Å². The number of amides is 1. The highest BCUT2D eigenvalue weighted by molar-refractivity contribution is 5.77. The lowest BCUT2D eigenvalue weighted by molar-refractivity contribution is -0.118. The zero-order valence-corrected chi connectivity index (χ0v) is 6.94. The fraction of sp³-hybridized carbons (Fsp3) is 0.714. The summed E-state index contributed by atoms with van der Waals surface area (Å²) < 4.78 is 0. The summed E-state index contributed by atoms with van der Waals surface area (Å²) in [5.74, 6) is 0.0578. The molecule has 0 aromatic heterocycles. The number of carbonyl (C=O) groups excluding carboxylic acids is 2. The Labute approximate surface area is 66.4 Å². The monoisotopic (exact) mass is 158 g/mol. The van der Waals surface area contributed by atoms with Gasteiger partial charge >= 0.3 is 0 Å². The number of rotatable bonds is 5. The van der Waals surface area contributed by atoms with Crippen LogP contribution in [0.1, 0.15) is 13.8 Å². The van der Waals surface area contributed by atoms with Crippen molar-refractivity contribution in [3.8, 4) is 0 Å². The van der Waals surface area contributed by atoms with E-state index in [0.29, 0.717) is 19.6 Å². The standard InChI is InChI=1S/C7H14N2O2/c1-6(10)5-8-3-4-9-7(2)11/h8H,3-5H2,1-2H3,(H,9,11). The number of ketones is 1. The molecule has 0 aromatic carbocycles. The van der Waals surface area contributed by atoms with E-state index in [2.05, 4.69) is 10.6 Å². The molecule has 0 saturated heterocycles. The molecule has 1 amide bonds. The van der Waals surface area contributed by atoms with Crippen LogP contribution in [0.4, 0.5) is 0 Å². The Balaban J connectivity index is 3.03. The Bertz CT molecular complexity index is 129. The van der Waals surface area contributed by atoms with Gasteiger partial charge in [-0.1, -0.05) is 0 Å². The van der Waals surface area contributed by atoms with E-state index in [4.69, 9.17) is 0 Å². The minimum Gasteiger partial charge on any atom is -0.355 e. The Morgan fingerprint density at radius 2 is 1.82 bits per heavy atom. The second-order valence-electron chi connectivity index (χ2n) is 2.36. The predicted octanol–water partition coefficient (Wildman–Crippen LogP) is -0.699. The molecule has 0 saturated carbocycles. The number of nitrogens with one attached hydrogen (secondary N) is 2. The molecule has 0 rings (SSSR count). The maximum absolute atomic E-state index is 10.4. The molecule has 0 spiro atoms. The molecule has 0 fully saturated rings. The quantitative estimate of drug-likeness (QED) is 0.520. The van der Waals surface area contributed by atoms with Gasteiger partial charge in [-0.05, 0) is 6.92 Å². The lowest BCUT2D eigenvalue weighted by atomic mass is 10.4. The average molecular weight is 158 g/mol. The summed E-state index contributed by atoms with van der Waals surface area (Å²) in [7, 11) is 0. The molecule has 11 heavy (non-hydrogen) atoms. The molecule has 0 unspecified atom stereocenters. The first-order chi connectivity index (χ1) is 5.13. The van der Waals surface area contributed by atoms with Crippen molar-refractivity contribution >= 4 is 11.7 Å². The molecule has 0 heterocycles. The van der Waals surface area contributed by atoms with E-state index >= 15 is 0 Å². The molecule has 2 N–H and O–H groups in total. The highest BCUT2D eigenvalue weighted by Gasteiger charge is 1.92. The second kappa shape index (κ2) is 5.85. The topological polar surface area (TPSA) is 58.2 Å². The first kappa shape index (κ1) is 10.1. The number of carbonyl (C=O) groups is 2. The van der Waals surface area contributed by atoms with Crippen LogP contribution >= 0.6 is 0 Å². The molecule has 0 aliphatic carbocycles. The van der Waals surface area contributed by atoms with Gasteiger partial charge in [-0.2, -0.15) is 0 Å². The third-order valence-corrected chi connectivity index (χ3v) is 1.05. The van der Waals surface area contributed by atoms with Crippen LogP contribution in [-0.2, 0) is 9.59 Å². The largest absolute Gasteiger partial charge is 0.355 e. The fourth-order valence-corrected chi connectivity index (χ4v) is 0.591. The van der Waals surface area contributed by atoms with Crippen molar-refractivity contribution in [3.63, 3.8) is 0 Å². The van der Waals surface area contributed by atoms with Gasteiger partial charge in [0.25, 0.3) is 0 Å². The fourth-order valence-electron chi connectivity index (χ4n) is 0.591. The average Bonchev–Trinajstić information content (AvgIpc) is 1.85. The van der Waals surface area contributed by atoms with Gasteiger partial charge in [-0.15, -0.1) is 0 Å². The zero-order chi connectivity index (χ0) is 8.69. The Morgan fingerprint density at radius 1 is 1.18 bits per heavy atom. The van der Waals surface area contributed by atoms with E-state index in [1.807, 2.05) is 0 Å². The predicted molar refractivity (Wildman–Crippen MR) is 42.2 cm³/mol. The van der Waals surface area contributed by atoms with Gasteiger partial charge in [0.05, 0.1) is 6.54 Å². The molecular weight excluding hydrogens is 144 g/mol. The van der Waals surface area contributed by atoms with Crippen molar-refractivity contribution < 1.29 is 9.59 Å². The van der Waals surface area contributed by atoms with Gasteiger partial charge in [0.2, 0.25) is 5.91 Å². The SMILES string of the molecule is CC(=O)CNCCNC(C)=O. The van der Waals surface area contributed by atoms with Crippen LogP contribution in [0.5, 0.6) is 0 Å². The molecule has 0 aromatic rings. The van der Waals surface area contributed by atoms with Crippen molar-refractivity contribution in [1.82, 2.24) is 10.6 Å². The second-order valence-corrected chi connectivity index (χ2v) is 2.36. The molecule has 0 atom stereocenters. The number of Topliss-reactive ketones (excluding diaryl/α,β-unsaturated/α-hetero) is 1. The number of hydrogen-bond donors (Lipinski definition) is 2. The Hall–Kier alpha value is -0.900. The maximum Gasteiger partial charge on any atom is 0.216 e. The lowest BCUT2D eigenvalue weighted by Crippen LogP contribution is -2.32. The number of hydrogen-bond acceptors (Lipinski definition) is 3. The van der Waals surface area contributed by atoms with E-state index in [9.17, 15) is 9.59 Å². The van der Waals surface area contributed by atoms with Crippen molar-refractivity contribution in [2.45, 2.75) is 13.8 Å². The van der Waals surface area contributed by atoms with Crippen molar-refractivity contribution in [3.05, 3.63) is 0 Å². The van der Waals surface area contributed by atoms with Gasteiger partial charge in [0.1, 0.15) is 5.78 Å². The molecule has 0 bridgehead atoms. The molecule has 0 aliphatic rings. The van der Waals surface area contributed by atoms with Gasteiger partial charge in [-0.3, -0.25) is 9.59 Å². The summed E-state index contributed by atoms with van der Waals surface area (Å²) in [4.78, 5) is 20.7. The molecule has 64 valence electrons. The van der Waals surface area contributed by atoms with Gasteiger partial charge in [0, 0.05) is 20.0 Å². The zero-order valence-electron chi connectivity index (χ0n) is 6.94. The smallest absolute Gasteiger partial charge is 0.216 e. The molecule has 0 radical (unpaired) electrons. The summed E-state index contributed by atoms with van der Waals surface area (Å²) in [6.45, 7) is 4.57. The Morgan fingerprint density at radius 3 is 2.27 bits per heavy atom. The van der Waals surface area contributed by atoms with Crippen LogP contribution in [-0.4, -0.2) is 31.3 Å². The van der Waals surface area contributed by atoms with Crippen LogP contribution in [0.2, 0.25) is 0 Å². The van der Waals surface area contributed by atoms with E-state index in [0.717, 1.165) is 0 Å². The van der Waals surface area contributed by atoms with Crippen molar-refractivity contribution in [2.24, 2.45) is 0 Å². The summed E-state index contributed by atoms with van der Waals surface area (Å²) in [6.07, 6.45) is 0. The normalized spacial score (nSPS) is 9.27. The minimum absolute atomic E-state index is 0.0466. The molecule has 0 aliphatic heterocycles. The maximum atomic E-state index is 10.4. The summed E-state index contributed by atoms with van der Waals surface area (Å²) in [6, 6.07) is 0. The van der Waals surface area contributed by atoms with Gasteiger partial charge in [0.15, 0.2) is 0 Å². The molecular formula is C7H14N2O2. The highest BCUT2D eigenvalue weighted by Crippen LogP contribution is 1.64. The Kier molecular flexibility index (Phi) is 5.37. The first-order valence-corrected chi connectivity index (χ1v) is 3.57. The van der Waals surface area contributed by atoms with Crippen LogP contribution in [0, 0.1) is 0 Å². The van der Waals surface area contributed by atoms with Crippen LogP contribution < -0.4 is 10.6 Å². The highest BCUT2D eigenvalue weighted by atomic mass is 16.1. The van der Waals surface area contributed by atoms with E-state index in [1.54, 1.807) is 0 Å². The third-order valence-electron chi connectivity index (χ3n) is 1.05. The first-order valence-electron chi connectivity index (χ1n) is 3.57. The summed E-state index contributed by atoms with van der Waals surface area (Å²) >= 11 is 0. The van der Waals surface area contributed by atoms with E-state index < -0.39 is 0 Å². The van der Waals surface area contributed by atoms with Gasteiger partial charge < -0.3 is 10.6 Å². The van der Waals surface area contributed by atoms with Crippen molar-refractivity contribution in [2.75, 3.05) is 19.6 Å². The third kappa shape index (κ3) is 9.10. The molecule has 4 heteroatoms. The van der Waals surface area contributed by atoms with Crippen molar-refractivity contribution in [1.29, 1.82) is 0 Å².